The van der Waals surface area contributed by atoms with E-state index < -0.39 is 10.0 Å². The Balaban J connectivity index is 1.77. The van der Waals surface area contributed by atoms with E-state index in [1.807, 2.05) is 20.8 Å². The molecule has 1 saturated heterocycles. The Morgan fingerprint density at radius 3 is 2.68 bits per heavy atom. The van der Waals surface area contributed by atoms with E-state index in [4.69, 9.17) is 4.74 Å². The third-order valence-corrected chi connectivity index (χ3v) is 7.46. The number of rotatable bonds is 9. The second kappa shape index (κ2) is 10.5. The smallest absolute Gasteiger partial charge is 0.243 e. The lowest BCUT2D eigenvalue weighted by molar-refractivity contribution is -0.113. The molecule has 11 heteroatoms. The molecule has 0 spiro atoms. The van der Waals surface area contributed by atoms with Crippen molar-refractivity contribution >= 4 is 33.4 Å². The second-order valence-corrected chi connectivity index (χ2v) is 10.4. The van der Waals surface area contributed by atoms with Crippen LogP contribution in [0.15, 0.2) is 28.3 Å². The summed E-state index contributed by atoms with van der Waals surface area (Å²) in [6.45, 7) is 6.73. The second-order valence-electron chi connectivity index (χ2n) is 7.54. The van der Waals surface area contributed by atoms with Crippen molar-refractivity contribution in [1.29, 1.82) is 0 Å². The molecule has 2 N–H and O–H groups in total. The Morgan fingerprint density at radius 2 is 2.03 bits per heavy atom. The van der Waals surface area contributed by atoms with Crippen molar-refractivity contribution in [3.8, 4) is 5.75 Å². The fourth-order valence-electron chi connectivity index (χ4n) is 3.20. The lowest BCUT2D eigenvalue weighted by atomic mass is 10.2. The first kappa shape index (κ1) is 23.6. The van der Waals surface area contributed by atoms with Crippen molar-refractivity contribution in [1.82, 2.24) is 19.5 Å². The minimum absolute atomic E-state index is 0.0885. The largest absolute Gasteiger partial charge is 0.489 e. The third-order valence-electron chi connectivity index (χ3n) is 4.72. The van der Waals surface area contributed by atoms with Gasteiger partial charge in [-0.1, -0.05) is 25.1 Å². The van der Waals surface area contributed by atoms with E-state index in [0.29, 0.717) is 29.7 Å². The highest BCUT2D eigenvalue weighted by molar-refractivity contribution is 7.99. The number of ether oxygens (including phenoxy) is 1. The number of anilines is 1. The SMILES string of the molecule is CCc1nc(SCC(=O)Nc2cc(S(=O)(=O)N3CCCCC3)ccc2OC(C)C)n[nH]1. The summed E-state index contributed by atoms with van der Waals surface area (Å²) in [4.78, 5) is 17.0. The van der Waals surface area contributed by atoms with Gasteiger partial charge in [-0.15, -0.1) is 5.10 Å². The summed E-state index contributed by atoms with van der Waals surface area (Å²) < 4.78 is 33.4. The first-order valence-electron chi connectivity index (χ1n) is 10.4. The summed E-state index contributed by atoms with van der Waals surface area (Å²) in [6.07, 6.45) is 3.35. The number of hydrogen-bond acceptors (Lipinski definition) is 7. The van der Waals surface area contributed by atoms with E-state index in [-0.39, 0.29) is 22.7 Å². The number of amides is 1. The first-order valence-corrected chi connectivity index (χ1v) is 12.9. The normalized spacial score (nSPS) is 15.2. The van der Waals surface area contributed by atoms with Crippen molar-refractivity contribution in [2.24, 2.45) is 0 Å². The molecule has 170 valence electrons. The zero-order valence-corrected chi connectivity index (χ0v) is 19.7. The number of thioether (sulfide) groups is 1. The minimum atomic E-state index is -3.62. The average Bonchev–Trinajstić information content (AvgIpc) is 3.22. The monoisotopic (exact) mass is 467 g/mol. The van der Waals surface area contributed by atoms with Gasteiger partial charge in [0.1, 0.15) is 11.6 Å². The molecule has 0 unspecified atom stereocenters. The molecule has 0 atom stereocenters. The van der Waals surface area contributed by atoms with E-state index in [1.165, 1.54) is 28.2 Å². The van der Waals surface area contributed by atoms with E-state index >= 15 is 0 Å². The molecule has 1 aromatic heterocycles. The van der Waals surface area contributed by atoms with Gasteiger partial charge in [0.05, 0.1) is 22.4 Å². The number of nitrogens with one attached hydrogen (secondary N) is 2. The summed E-state index contributed by atoms with van der Waals surface area (Å²) >= 11 is 1.20. The molecular weight excluding hydrogens is 438 g/mol. The van der Waals surface area contributed by atoms with Crippen LogP contribution in [0.5, 0.6) is 5.75 Å². The van der Waals surface area contributed by atoms with Gasteiger partial charge < -0.3 is 10.1 Å². The van der Waals surface area contributed by atoms with Gasteiger partial charge >= 0.3 is 0 Å². The Hall–Kier alpha value is -2.11. The zero-order chi connectivity index (χ0) is 22.4. The molecule has 1 fully saturated rings. The number of aromatic amines is 1. The van der Waals surface area contributed by atoms with Crippen LogP contribution in [-0.2, 0) is 21.2 Å². The van der Waals surface area contributed by atoms with Gasteiger partial charge in [0.25, 0.3) is 0 Å². The Bertz CT molecular complexity index is 1000. The highest BCUT2D eigenvalue weighted by atomic mass is 32.2. The van der Waals surface area contributed by atoms with Gasteiger partial charge in [0.2, 0.25) is 21.1 Å². The van der Waals surface area contributed by atoms with Crippen molar-refractivity contribution in [2.45, 2.75) is 62.6 Å². The molecule has 3 rings (SSSR count). The van der Waals surface area contributed by atoms with E-state index in [1.54, 1.807) is 6.07 Å². The van der Waals surface area contributed by atoms with Gasteiger partial charge in [-0.05, 0) is 44.9 Å². The van der Waals surface area contributed by atoms with Crippen LogP contribution in [0.4, 0.5) is 5.69 Å². The topological polar surface area (TPSA) is 117 Å². The highest BCUT2D eigenvalue weighted by Gasteiger charge is 2.27. The van der Waals surface area contributed by atoms with Crippen LogP contribution in [0.1, 0.15) is 45.9 Å². The number of nitrogens with zero attached hydrogens (tertiary/aromatic N) is 3. The molecule has 1 aliphatic heterocycles. The molecule has 1 amide bonds. The molecule has 2 heterocycles. The highest BCUT2D eigenvalue weighted by Crippen LogP contribution is 2.31. The average molecular weight is 468 g/mol. The molecule has 0 radical (unpaired) electrons. The van der Waals surface area contributed by atoms with Gasteiger partial charge in [-0.25, -0.2) is 13.4 Å². The third kappa shape index (κ3) is 6.20. The quantitative estimate of drug-likeness (QED) is 0.544. The van der Waals surface area contributed by atoms with Crippen LogP contribution < -0.4 is 10.1 Å². The van der Waals surface area contributed by atoms with Crippen molar-refractivity contribution < 1.29 is 17.9 Å². The summed E-state index contributed by atoms with van der Waals surface area (Å²) in [6, 6.07) is 4.61. The van der Waals surface area contributed by atoms with E-state index in [9.17, 15) is 13.2 Å². The predicted molar refractivity (Wildman–Crippen MR) is 120 cm³/mol. The van der Waals surface area contributed by atoms with Crippen LogP contribution >= 0.6 is 11.8 Å². The Labute approximate surface area is 187 Å². The van der Waals surface area contributed by atoms with Gasteiger partial charge in [-0.3, -0.25) is 9.89 Å². The van der Waals surface area contributed by atoms with Crippen molar-refractivity contribution in [3.05, 3.63) is 24.0 Å². The van der Waals surface area contributed by atoms with Crippen LogP contribution in [0.3, 0.4) is 0 Å². The molecular formula is C20H29N5O4S2. The number of carbonyl (C=O) groups is 1. The van der Waals surface area contributed by atoms with Crippen molar-refractivity contribution in [3.63, 3.8) is 0 Å². The summed E-state index contributed by atoms with van der Waals surface area (Å²) in [5, 5.41) is 10.1. The summed E-state index contributed by atoms with van der Waals surface area (Å²) in [5.41, 5.74) is 0.335. The van der Waals surface area contributed by atoms with E-state index in [0.717, 1.165) is 31.5 Å². The van der Waals surface area contributed by atoms with Crippen LogP contribution in [0.25, 0.3) is 0 Å². The number of aryl methyl sites for hydroxylation is 1. The maximum atomic E-state index is 13.0. The molecule has 0 bridgehead atoms. The zero-order valence-electron chi connectivity index (χ0n) is 18.1. The first-order chi connectivity index (χ1) is 14.8. The van der Waals surface area contributed by atoms with Gasteiger partial charge in [0, 0.05) is 19.5 Å². The summed E-state index contributed by atoms with van der Waals surface area (Å²) in [7, 11) is -3.62. The van der Waals surface area contributed by atoms with Crippen molar-refractivity contribution in [2.75, 3.05) is 24.2 Å². The van der Waals surface area contributed by atoms with Crippen LogP contribution in [-0.4, -0.2) is 58.8 Å². The molecule has 2 aromatic rings. The number of hydrogen-bond donors (Lipinski definition) is 2. The fourth-order valence-corrected chi connectivity index (χ4v) is 5.36. The van der Waals surface area contributed by atoms with Gasteiger partial charge in [0.15, 0.2) is 0 Å². The fraction of sp³-hybridized carbons (Fsp3) is 0.550. The standard InChI is InChI=1S/C20H29N5O4S2/c1-4-18-22-20(24-23-18)30-13-19(26)21-16-12-15(8-9-17(16)29-14(2)3)31(27,28)25-10-6-5-7-11-25/h8-9,12,14H,4-7,10-11,13H2,1-3H3,(H,21,26)(H,22,23,24). The number of piperidine rings is 1. The number of carbonyl (C=O) groups excluding carboxylic acids is 1. The maximum Gasteiger partial charge on any atom is 0.243 e. The predicted octanol–water partition coefficient (Wildman–Crippen LogP) is 3.06. The molecule has 1 aliphatic rings. The number of aromatic nitrogens is 3. The van der Waals surface area contributed by atoms with Gasteiger partial charge in [-0.2, -0.15) is 4.31 Å². The minimum Gasteiger partial charge on any atom is -0.489 e. The molecule has 1 aromatic carbocycles. The molecule has 0 aliphatic carbocycles. The molecule has 31 heavy (non-hydrogen) atoms. The molecule has 9 nitrogen and oxygen atoms in total. The molecule has 0 saturated carbocycles. The van der Waals surface area contributed by atoms with Crippen LogP contribution in [0.2, 0.25) is 0 Å². The van der Waals surface area contributed by atoms with Crippen LogP contribution in [0, 0.1) is 0 Å². The lowest BCUT2D eigenvalue weighted by Gasteiger charge is -2.26. The lowest BCUT2D eigenvalue weighted by Crippen LogP contribution is -2.35. The maximum absolute atomic E-state index is 13.0. The number of H-pyrrole nitrogens is 1. The number of sulfonamides is 1. The summed E-state index contributed by atoms with van der Waals surface area (Å²) in [5.74, 6) is 0.975. The Morgan fingerprint density at radius 1 is 1.29 bits per heavy atom. The Kier molecular flexibility index (Phi) is 7.95. The van der Waals surface area contributed by atoms with E-state index in [2.05, 4.69) is 20.5 Å². The number of benzene rings is 1.